The van der Waals surface area contributed by atoms with Gasteiger partial charge in [-0.25, -0.2) is 8.42 Å². The lowest BCUT2D eigenvalue weighted by atomic mass is 10.0. The number of benzene rings is 4. The van der Waals surface area contributed by atoms with E-state index in [1.54, 1.807) is 12.1 Å². The van der Waals surface area contributed by atoms with Gasteiger partial charge in [-0.2, -0.15) is 0 Å². The number of amides is 2. The van der Waals surface area contributed by atoms with E-state index in [1.807, 2.05) is 68.4 Å². The van der Waals surface area contributed by atoms with Crippen molar-refractivity contribution in [2.75, 3.05) is 31.6 Å². The van der Waals surface area contributed by atoms with Crippen LogP contribution < -0.4 is 19.1 Å². The average molecular weight is 678 g/mol. The summed E-state index contributed by atoms with van der Waals surface area (Å²) in [6, 6.07) is 26.5. The van der Waals surface area contributed by atoms with Crippen LogP contribution in [0.3, 0.4) is 0 Å². The van der Waals surface area contributed by atoms with Gasteiger partial charge in [0.05, 0.1) is 24.8 Å². The van der Waals surface area contributed by atoms with E-state index in [2.05, 4.69) is 5.32 Å². The van der Waals surface area contributed by atoms with Crippen molar-refractivity contribution in [2.24, 2.45) is 0 Å². The van der Waals surface area contributed by atoms with Crippen LogP contribution in [-0.2, 0) is 32.6 Å². The molecule has 0 fully saturated rings. The van der Waals surface area contributed by atoms with Crippen LogP contribution in [0.15, 0.2) is 102 Å². The Kier molecular flexibility index (Phi) is 12.3. The van der Waals surface area contributed by atoms with E-state index in [1.165, 1.54) is 49.5 Å². The summed E-state index contributed by atoms with van der Waals surface area (Å²) in [5.74, 6) is -0.308. The number of aryl methyl sites for hydroxylation is 1. The third kappa shape index (κ3) is 8.84. The molecule has 0 aromatic heterocycles. The van der Waals surface area contributed by atoms with Crippen molar-refractivity contribution in [3.8, 4) is 11.5 Å². The van der Waals surface area contributed by atoms with Crippen LogP contribution in [0.2, 0.25) is 5.02 Å². The van der Waals surface area contributed by atoms with Crippen LogP contribution in [0.25, 0.3) is 0 Å². The molecule has 0 aliphatic carbocycles. The molecule has 0 aliphatic heterocycles. The predicted molar refractivity (Wildman–Crippen MR) is 184 cm³/mol. The van der Waals surface area contributed by atoms with Gasteiger partial charge >= 0.3 is 0 Å². The van der Waals surface area contributed by atoms with Gasteiger partial charge in [0, 0.05) is 30.6 Å². The summed E-state index contributed by atoms with van der Waals surface area (Å²) in [6.07, 6.45) is 0.945. The fraction of sp³-hybridized carbons (Fsp3) is 0.278. The molecule has 4 rings (SSSR count). The SMILES string of the molecule is CCCNC(=O)[C@H](Cc1ccccc1)N(Cc1ccccc1C)C(=O)CN(c1ccc(Cl)cc1)S(=O)(=O)c1ccc(OC)c(OC)c1. The van der Waals surface area contributed by atoms with E-state index in [-0.39, 0.29) is 35.2 Å². The number of anilines is 1. The van der Waals surface area contributed by atoms with Crippen molar-refractivity contribution < 1.29 is 27.5 Å². The second-order valence-corrected chi connectivity index (χ2v) is 13.2. The minimum atomic E-state index is -4.35. The highest BCUT2D eigenvalue weighted by Crippen LogP contribution is 2.33. The Morgan fingerprint density at radius 1 is 0.872 bits per heavy atom. The molecule has 4 aromatic carbocycles. The molecule has 0 aliphatic rings. The summed E-state index contributed by atoms with van der Waals surface area (Å²) in [5.41, 5.74) is 2.86. The van der Waals surface area contributed by atoms with Gasteiger partial charge in [0.2, 0.25) is 11.8 Å². The summed E-state index contributed by atoms with van der Waals surface area (Å²) >= 11 is 6.16. The first kappa shape index (κ1) is 35.3. The number of ether oxygens (including phenoxy) is 2. The van der Waals surface area contributed by atoms with Gasteiger partial charge in [-0.15, -0.1) is 0 Å². The Morgan fingerprint density at radius 2 is 1.53 bits per heavy atom. The summed E-state index contributed by atoms with van der Waals surface area (Å²) in [5, 5.41) is 3.36. The molecule has 0 heterocycles. The minimum Gasteiger partial charge on any atom is -0.493 e. The zero-order valence-corrected chi connectivity index (χ0v) is 28.6. The minimum absolute atomic E-state index is 0.0907. The molecule has 9 nitrogen and oxygen atoms in total. The van der Waals surface area contributed by atoms with Crippen molar-refractivity contribution in [1.29, 1.82) is 0 Å². The molecule has 248 valence electrons. The van der Waals surface area contributed by atoms with Crippen LogP contribution in [0.4, 0.5) is 5.69 Å². The number of halogens is 1. The van der Waals surface area contributed by atoms with Crippen LogP contribution >= 0.6 is 11.6 Å². The topological polar surface area (TPSA) is 105 Å². The molecule has 0 radical (unpaired) electrons. The maximum absolute atomic E-state index is 14.6. The molecular weight excluding hydrogens is 638 g/mol. The molecule has 1 atom stereocenters. The first-order valence-corrected chi connectivity index (χ1v) is 17.1. The van der Waals surface area contributed by atoms with E-state index in [0.717, 1.165) is 21.0 Å². The Balaban J connectivity index is 1.82. The van der Waals surface area contributed by atoms with E-state index in [9.17, 15) is 18.0 Å². The first-order valence-electron chi connectivity index (χ1n) is 15.2. The summed E-state index contributed by atoms with van der Waals surface area (Å²) < 4.78 is 40.4. The van der Waals surface area contributed by atoms with E-state index >= 15 is 0 Å². The van der Waals surface area contributed by atoms with Gasteiger partial charge in [-0.1, -0.05) is 73.1 Å². The average Bonchev–Trinajstić information content (AvgIpc) is 3.08. The summed E-state index contributed by atoms with van der Waals surface area (Å²) in [4.78, 5) is 29.8. The Hall–Kier alpha value is -4.54. The number of rotatable bonds is 15. The lowest BCUT2D eigenvalue weighted by Gasteiger charge is -2.34. The van der Waals surface area contributed by atoms with Crippen LogP contribution in [0.5, 0.6) is 11.5 Å². The number of nitrogens with one attached hydrogen (secondary N) is 1. The van der Waals surface area contributed by atoms with Gasteiger partial charge in [-0.3, -0.25) is 13.9 Å². The maximum atomic E-state index is 14.6. The smallest absolute Gasteiger partial charge is 0.264 e. The van der Waals surface area contributed by atoms with Crippen LogP contribution in [-0.4, -0.2) is 58.5 Å². The van der Waals surface area contributed by atoms with Crippen LogP contribution in [0.1, 0.15) is 30.0 Å². The lowest BCUT2D eigenvalue weighted by Crippen LogP contribution is -2.53. The molecular formula is C36H40ClN3O6S. The molecule has 0 saturated heterocycles. The van der Waals surface area contributed by atoms with E-state index in [4.69, 9.17) is 21.1 Å². The quantitative estimate of drug-likeness (QED) is 0.165. The van der Waals surface area contributed by atoms with Crippen molar-refractivity contribution in [3.63, 3.8) is 0 Å². The second kappa shape index (κ2) is 16.3. The fourth-order valence-electron chi connectivity index (χ4n) is 5.13. The molecule has 0 spiro atoms. The molecule has 11 heteroatoms. The number of nitrogens with zero attached hydrogens (tertiary/aromatic N) is 2. The highest BCUT2D eigenvalue weighted by atomic mass is 35.5. The number of hydrogen-bond acceptors (Lipinski definition) is 6. The number of sulfonamides is 1. The monoisotopic (exact) mass is 677 g/mol. The molecule has 0 saturated carbocycles. The molecule has 2 amide bonds. The number of carbonyl (C=O) groups is 2. The molecule has 0 bridgehead atoms. The summed E-state index contributed by atoms with van der Waals surface area (Å²) in [6.45, 7) is 3.82. The van der Waals surface area contributed by atoms with Gasteiger partial charge in [0.25, 0.3) is 10.0 Å². The molecule has 1 N–H and O–H groups in total. The third-order valence-corrected chi connectivity index (χ3v) is 9.78. The van der Waals surface area contributed by atoms with Crippen molar-refractivity contribution in [3.05, 3.63) is 119 Å². The Bertz CT molecular complexity index is 1770. The van der Waals surface area contributed by atoms with Crippen molar-refractivity contribution in [2.45, 2.75) is 44.2 Å². The van der Waals surface area contributed by atoms with Gasteiger partial charge in [-0.05, 0) is 66.4 Å². The normalized spacial score (nSPS) is 11.8. The van der Waals surface area contributed by atoms with Crippen LogP contribution in [0, 0.1) is 6.92 Å². The predicted octanol–water partition coefficient (Wildman–Crippen LogP) is 6.03. The second-order valence-electron chi connectivity index (χ2n) is 10.9. The van der Waals surface area contributed by atoms with E-state index < -0.39 is 28.5 Å². The molecule has 47 heavy (non-hydrogen) atoms. The number of methoxy groups -OCH3 is 2. The lowest BCUT2D eigenvalue weighted by molar-refractivity contribution is -0.140. The van der Waals surface area contributed by atoms with Crippen molar-refractivity contribution >= 4 is 39.1 Å². The van der Waals surface area contributed by atoms with E-state index in [0.29, 0.717) is 23.7 Å². The van der Waals surface area contributed by atoms with Gasteiger partial charge < -0.3 is 19.7 Å². The Labute approximate surface area is 282 Å². The molecule has 0 unspecified atom stereocenters. The Morgan fingerprint density at radius 3 is 2.17 bits per heavy atom. The highest BCUT2D eigenvalue weighted by molar-refractivity contribution is 7.92. The zero-order valence-electron chi connectivity index (χ0n) is 27.0. The first-order chi connectivity index (χ1) is 22.6. The largest absolute Gasteiger partial charge is 0.493 e. The molecule has 4 aromatic rings. The standard InChI is InChI=1S/C36H40ClN3O6S/c1-5-21-38-36(42)32(22-27-12-7-6-8-13-27)39(24-28-14-10-9-11-26(28)2)35(41)25-40(30-17-15-29(37)16-18-30)47(43,44)31-19-20-33(45-3)34(23-31)46-4/h6-20,23,32H,5,21-22,24-25H2,1-4H3,(H,38,42)/t32-/m0/s1. The van der Waals surface area contributed by atoms with Crippen molar-refractivity contribution in [1.82, 2.24) is 10.2 Å². The fourth-order valence-corrected chi connectivity index (χ4v) is 6.69. The number of carbonyl (C=O) groups excluding carboxylic acids is 2. The number of hydrogen-bond donors (Lipinski definition) is 1. The zero-order chi connectivity index (χ0) is 34.0. The summed E-state index contributed by atoms with van der Waals surface area (Å²) in [7, 11) is -1.48. The maximum Gasteiger partial charge on any atom is 0.264 e. The third-order valence-electron chi connectivity index (χ3n) is 7.76. The highest BCUT2D eigenvalue weighted by Gasteiger charge is 2.35. The van der Waals surface area contributed by atoms with Gasteiger partial charge in [0.1, 0.15) is 12.6 Å². The van der Waals surface area contributed by atoms with Gasteiger partial charge in [0.15, 0.2) is 11.5 Å².